The Bertz CT molecular complexity index is 880. The SMILES string of the molecule is COC(=O)c1ccccc1NC(=O)c1csc(-c2cnccn2)n1. The van der Waals surface area contributed by atoms with Gasteiger partial charge in [0.1, 0.15) is 16.4 Å². The van der Waals surface area contributed by atoms with Gasteiger partial charge in [0.15, 0.2) is 0 Å². The van der Waals surface area contributed by atoms with Gasteiger partial charge in [-0.05, 0) is 12.1 Å². The highest BCUT2D eigenvalue weighted by Crippen LogP contribution is 2.22. The lowest BCUT2D eigenvalue weighted by molar-refractivity contribution is 0.0602. The van der Waals surface area contributed by atoms with Crippen molar-refractivity contribution in [3.05, 3.63) is 59.5 Å². The molecule has 0 unspecified atom stereocenters. The van der Waals surface area contributed by atoms with Gasteiger partial charge in [0.05, 0.1) is 24.6 Å². The number of methoxy groups -OCH3 is 1. The molecule has 24 heavy (non-hydrogen) atoms. The lowest BCUT2D eigenvalue weighted by atomic mass is 10.2. The van der Waals surface area contributed by atoms with E-state index in [1.165, 1.54) is 18.4 Å². The molecule has 7 nitrogen and oxygen atoms in total. The van der Waals surface area contributed by atoms with Crippen LogP contribution in [0.4, 0.5) is 5.69 Å². The summed E-state index contributed by atoms with van der Waals surface area (Å²) in [5, 5.41) is 4.89. The van der Waals surface area contributed by atoms with E-state index in [9.17, 15) is 9.59 Å². The third kappa shape index (κ3) is 3.28. The predicted molar refractivity (Wildman–Crippen MR) is 88.9 cm³/mol. The number of hydrogen-bond donors (Lipinski definition) is 1. The smallest absolute Gasteiger partial charge is 0.339 e. The maximum Gasteiger partial charge on any atom is 0.339 e. The first-order valence-electron chi connectivity index (χ1n) is 6.89. The van der Waals surface area contributed by atoms with Crippen LogP contribution in [0.1, 0.15) is 20.8 Å². The number of aromatic nitrogens is 3. The van der Waals surface area contributed by atoms with Crippen LogP contribution < -0.4 is 5.32 Å². The first-order chi connectivity index (χ1) is 11.7. The van der Waals surface area contributed by atoms with Crippen molar-refractivity contribution in [1.82, 2.24) is 15.0 Å². The summed E-state index contributed by atoms with van der Waals surface area (Å²) >= 11 is 1.29. The molecule has 0 aliphatic rings. The minimum absolute atomic E-state index is 0.236. The standard InChI is InChI=1S/C16H12N4O3S/c1-23-16(22)10-4-2-3-5-11(10)19-14(21)13-9-24-15(20-13)12-8-17-6-7-18-12/h2-9H,1H3,(H,19,21). The first kappa shape index (κ1) is 15.8. The van der Waals surface area contributed by atoms with E-state index in [4.69, 9.17) is 4.74 Å². The van der Waals surface area contributed by atoms with Crippen molar-refractivity contribution in [2.75, 3.05) is 12.4 Å². The van der Waals surface area contributed by atoms with Gasteiger partial charge >= 0.3 is 5.97 Å². The van der Waals surface area contributed by atoms with Gasteiger partial charge in [-0.15, -0.1) is 11.3 Å². The number of esters is 1. The maximum absolute atomic E-state index is 12.4. The van der Waals surface area contributed by atoms with E-state index in [0.717, 1.165) is 0 Å². The van der Waals surface area contributed by atoms with E-state index < -0.39 is 11.9 Å². The molecule has 0 spiro atoms. The maximum atomic E-state index is 12.4. The van der Waals surface area contributed by atoms with Gasteiger partial charge in [-0.3, -0.25) is 14.8 Å². The molecule has 0 saturated carbocycles. The monoisotopic (exact) mass is 340 g/mol. The van der Waals surface area contributed by atoms with E-state index in [-0.39, 0.29) is 11.3 Å². The number of carbonyl (C=O) groups is 2. The van der Waals surface area contributed by atoms with Crippen molar-refractivity contribution in [2.45, 2.75) is 0 Å². The number of carbonyl (C=O) groups excluding carboxylic acids is 2. The van der Waals surface area contributed by atoms with Crippen LogP contribution in [0.5, 0.6) is 0 Å². The summed E-state index contributed by atoms with van der Waals surface area (Å²) in [6, 6.07) is 6.61. The van der Waals surface area contributed by atoms with Crippen molar-refractivity contribution in [3.8, 4) is 10.7 Å². The van der Waals surface area contributed by atoms with Gasteiger partial charge in [0.2, 0.25) is 0 Å². The Labute approximate surface area is 141 Å². The zero-order chi connectivity index (χ0) is 16.9. The number of nitrogens with zero attached hydrogens (tertiary/aromatic N) is 3. The molecule has 0 aliphatic carbocycles. The number of anilines is 1. The van der Waals surface area contributed by atoms with Gasteiger partial charge in [0, 0.05) is 17.8 Å². The summed E-state index contributed by atoms with van der Waals surface area (Å²) in [7, 11) is 1.29. The summed E-state index contributed by atoms with van der Waals surface area (Å²) in [5.74, 6) is -0.942. The van der Waals surface area contributed by atoms with E-state index in [2.05, 4.69) is 20.3 Å². The number of benzene rings is 1. The third-order valence-electron chi connectivity index (χ3n) is 3.10. The Morgan fingerprint density at radius 3 is 2.79 bits per heavy atom. The molecule has 0 aliphatic heterocycles. The van der Waals surface area contributed by atoms with Crippen LogP contribution in [-0.2, 0) is 4.74 Å². The van der Waals surface area contributed by atoms with Crippen LogP contribution in [0.15, 0.2) is 48.2 Å². The summed E-state index contributed by atoms with van der Waals surface area (Å²) in [6.07, 6.45) is 4.70. The molecular weight excluding hydrogens is 328 g/mol. The van der Waals surface area contributed by atoms with Crippen LogP contribution >= 0.6 is 11.3 Å². The van der Waals surface area contributed by atoms with Crippen molar-refractivity contribution in [2.24, 2.45) is 0 Å². The minimum atomic E-state index is -0.524. The highest BCUT2D eigenvalue weighted by Gasteiger charge is 2.17. The number of rotatable bonds is 4. The summed E-state index contributed by atoms with van der Waals surface area (Å²) < 4.78 is 4.71. The number of nitrogens with one attached hydrogen (secondary N) is 1. The van der Waals surface area contributed by atoms with Crippen LogP contribution in [0.2, 0.25) is 0 Å². The van der Waals surface area contributed by atoms with Crippen LogP contribution in [0, 0.1) is 0 Å². The minimum Gasteiger partial charge on any atom is -0.465 e. The zero-order valence-electron chi connectivity index (χ0n) is 12.6. The van der Waals surface area contributed by atoms with Crippen LogP contribution in [0.3, 0.4) is 0 Å². The average molecular weight is 340 g/mol. The van der Waals surface area contributed by atoms with Crippen molar-refractivity contribution < 1.29 is 14.3 Å². The fourth-order valence-electron chi connectivity index (χ4n) is 1.97. The molecule has 1 N–H and O–H groups in total. The number of ether oxygens (including phenoxy) is 1. The molecule has 0 fully saturated rings. The van der Waals surface area contributed by atoms with Crippen LogP contribution in [0.25, 0.3) is 10.7 Å². The molecule has 0 radical (unpaired) electrons. The van der Waals surface area contributed by atoms with Crippen molar-refractivity contribution >= 4 is 28.9 Å². The Hall–Kier alpha value is -3.13. The highest BCUT2D eigenvalue weighted by molar-refractivity contribution is 7.13. The number of amides is 1. The highest BCUT2D eigenvalue weighted by atomic mass is 32.1. The zero-order valence-corrected chi connectivity index (χ0v) is 13.4. The van der Waals surface area contributed by atoms with Gasteiger partial charge in [-0.25, -0.2) is 9.78 Å². The van der Waals surface area contributed by atoms with Crippen molar-refractivity contribution in [3.63, 3.8) is 0 Å². The second-order valence-electron chi connectivity index (χ2n) is 4.62. The lowest BCUT2D eigenvalue weighted by Gasteiger charge is -2.08. The van der Waals surface area contributed by atoms with E-state index >= 15 is 0 Å². The second kappa shape index (κ2) is 6.97. The molecule has 8 heteroatoms. The van der Waals surface area contributed by atoms with Gasteiger partial charge in [-0.1, -0.05) is 12.1 Å². The topological polar surface area (TPSA) is 94.1 Å². The molecule has 1 amide bonds. The van der Waals surface area contributed by atoms with Gasteiger partial charge < -0.3 is 10.1 Å². The molecule has 3 aromatic rings. The molecule has 0 bridgehead atoms. The summed E-state index contributed by atoms with van der Waals surface area (Å²) in [6.45, 7) is 0. The van der Waals surface area contributed by atoms with E-state index in [1.807, 2.05) is 0 Å². The van der Waals surface area contributed by atoms with Crippen molar-refractivity contribution in [1.29, 1.82) is 0 Å². The molecule has 3 rings (SSSR count). The van der Waals surface area contributed by atoms with Crippen LogP contribution in [-0.4, -0.2) is 33.9 Å². The number of para-hydroxylation sites is 1. The average Bonchev–Trinajstić information content (AvgIpc) is 3.12. The molecule has 120 valence electrons. The molecule has 1 aromatic carbocycles. The second-order valence-corrected chi connectivity index (χ2v) is 5.48. The quantitative estimate of drug-likeness (QED) is 0.734. The van der Waals surface area contributed by atoms with Gasteiger partial charge in [-0.2, -0.15) is 0 Å². The van der Waals surface area contributed by atoms with Gasteiger partial charge in [0.25, 0.3) is 5.91 Å². The fraction of sp³-hybridized carbons (Fsp3) is 0.0625. The Kier molecular flexibility index (Phi) is 4.57. The normalized spacial score (nSPS) is 10.2. The molecule has 0 atom stereocenters. The lowest BCUT2D eigenvalue weighted by Crippen LogP contribution is -2.15. The summed E-state index contributed by atoms with van der Waals surface area (Å²) in [5.41, 5.74) is 1.47. The molecular formula is C16H12N4O3S. The Morgan fingerprint density at radius 2 is 2.04 bits per heavy atom. The molecule has 0 saturated heterocycles. The molecule has 2 aromatic heterocycles. The summed E-state index contributed by atoms with van der Waals surface area (Å²) in [4.78, 5) is 36.5. The van der Waals surface area contributed by atoms with E-state index in [1.54, 1.807) is 48.2 Å². The Morgan fingerprint density at radius 1 is 1.21 bits per heavy atom. The van der Waals surface area contributed by atoms with E-state index in [0.29, 0.717) is 16.4 Å². The first-order valence-corrected chi connectivity index (χ1v) is 7.77. The third-order valence-corrected chi connectivity index (χ3v) is 3.96. The Balaban J connectivity index is 1.82. The number of thiazole rings is 1. The molecule has 2 heterocycles. The number of hydrogen-bond acceptors (Lipinski definition) is 7. The fourth-order valence-corrected chi connectivity index (χ4v) is 2.73. The predicted octanol–water partition coefficient (Wildman–Crippen LogP) is 2.64. The largest absolute Gasteiger partial charge is 0.465 e.